The molecule has 28 heavy (non-hydrogen) atoms. The number of nitrogens with one attached hydrogen (secondary N) is 2. The number of carbonyl (C=O) groups is 2. The van der Waals surface area contributed by atoms with E-state index in [0.29, 0.717) is 0 Å². The zero-order valence-electron chi connectivity index (χ0n) is 14.4. The Morgan fingerprint density at radius 3 is 2.50 bits per heavy atom. The Bertz CT molecular complexity index is 971. The first-order chi connectivity index (χ1) is 13.3. The van der Waals surface area contributed by atoms with E-state index in [9.17, 15) is 27.9 Å². The summed E-state index contributed by atoms with van der Waals surface area (Å²) < 4.78 is 46.5. The number of rotatable bonds is 3. The second-order valence-electron chi connectivity index (χ2n) is 5.86. The summed E-state index contributed by atoms with van der Waals surface area (Å²) in [6, 6.07) is 3.92. The number of ether oxygens (including phenoxy) is 1. The van der Waals surface area contributed by atoms with Gasteiger partial charge in [-0.3, -0.25) is 4.79 Å². The molecule has 1 heterocycles. The predicted octanol–water partition coefficient (Wildman–Crippen LogP) is 2.70. The van der Waals surface area contributed by atoms with Crippen molar-refractivity contribution in [2.75, 3.05) is 19.0 Å². The number of aromatic hydroxyl groups is 1. The first-order valence-electron chi connectivity index (χ1n) is 7.99. The van der Waals surface area contributed by atoms with Crippen molar-refractivity contribution in [3.8, 4) is 11.5 Å². The van der Waals surface area contributed by atoms with Crippen LogP contribution in [0.2, 0.25) is 0 Å². The summed E-state index contributed by atoms with van der Waals surface area (Å²) >= 11 is 0. The maximum Gasteiger partial charge on any atom is 0.345 e. The molecule has 7 nitrogen and oxygen atoms in total. The number of aliphatic imine (C=N–C) groups is 1. The minimum absolute atomic E-state index is 0.0185. The average Bonchev–Trinajstić information content (AvgIpc) is 2.98. The maximum absolute atomic E-state index is 14.3. The smallest absolute Gasteiger partial charge is 0.345 e. The lowest BCUT2D eigenvalue weighted by molar-refractivity contribution is -0.113. The van der Waals surface area contributed by atoms with Crippen LogP contribution in [-0.2, 0) is 4.79 Å². The van der Waals surface area contributed by atoms with Crippen LogP contribution in [0.25, 0.3) is 0 Å². The molecule has 2 aromatic rings. The number of anilines is 1. The molecule has 146 valence electrons. The normalized spacial score (nSPS) is 17.5. The van der Waals surface area contributed by atoms with Crippen LogP contribution in [0.1, 0.15) is 11.5 Å². The second kappa shape index (κ2) is 7.59. The molecule has 1 fully saturated rings. The molecular formula is C18H14F3N3O4. The maximum atomic E-state index is 14.3. The summed E-state index contributed by atoms with van der Waals surface area (Å²) in [7, 11) is 1.25. The molecule has 0 saturated carbocycles. The third kappa shape index (κ3) is 3.75. The molecule has 3 N–H and O–H groups in total. The van der Waals surface area contributed by atoms with Crippen LogP contribution in [0, 0.1) is 17.5 Å². The molecule has 0 spiro atoms. The summed E-state index contributed by atoms with van der Waals surface area (Å²) in [6.07, 6.45) is 0. The van der Waals surface area contributed by atoms with E-state index in [4.69, 9.17) is 4.74 Å². The summed E-state index contributed by atoms with van der Waals surface area (Å²) in [5.74, 6) is -5.40. The number of urea groups is 1. The number of hydrogen-bond donors (Lipinski definition) is 3. The molecule has 2 aromatic carbocycles. The van der Waals surface area contributed by atoms with Gasteiger partial charge in [0, 0.05) is 36.0 Å². The standard InChI is InChI=1S/C18H14F3N3O4/c1-28-9-5-12(20)15(13(21)6-9)10-7-22-17(26)16(10)24-18(27)23-8-2-3-11(19)14(25)4-8/h2-6,10,25H,7H2,1H3,(H,22,26)(H,23,27)/b24-16+/t10-/m0/s1. The van der Waals surface area contributed by atoms with Gasteiger partial charge in [-0.2, -0.15) is 4.99 Å². The number of hydrogen-bond acceptors (Lipinski definition) is 4. The van der Waals surface area contributed by atoms with Gasteiger partial charge >= 0.3 is 6.03 Å². The molecule has 1 aliphatic heterocycles. The van der Waals surface area contributed by atoms with Crippen LogP contribution in [-0.4, -0.2) is 36.4 Å². The SMILES string of the molecule is COc1cc(F)c([C@@H]2CNC(=O)/C2=N/C(=O)Nc2ccc(F)c(O)c2)c(F)c1. The zero-order valence-corrected chi connectivity index (χ0v) is 14.4. The van der Waals surface area contributed by atoms with E-state index in [1.807, 2.05) is 0 Å². The fourth-order valence-electron chi connectivity index (χ4n) is 2.77. The van der Waals surface area contributed by atoms with Crippen molar-refractivity contribution in [1.82, 2.24) is 5.32 Å². The van der Waals surface area contributed by atoms with E-state index in [2.05, 4.69) is 15.6 Å². The molecule has 1 aliphatic rings. The van der Waals surface area contributed by atoms with Crippen molar-refractivity contribution < 1.29 is 32.6 Å². The lowest BCUT2D eigenvalue weighted by Gasteiger charge is -2.13. The molecule has 10 heteroatoms. The molecule has 0 radical (unpaired) electrons. The summed E-state index contributed by atoms with van der Waals surface area (Å²) in [5, 5.41) is 13.9. The van der Waals surface area contributed by atoms with E-state index >= 15 is 0 Å². The third-order valence-corrected chi connectivity index (χ3v) is 4.09. The third-order valence-electron chi connectivity index (χ3n) is 4.09. The summed E-state index contributed by atoms with van der Waals surface area (Å²) in [6.45, 7) is -0.150. The van der Waals surface area contributed by atoms with Crippen molar-refractivity contribution in [3.05, 3.63) is 53.3 Å². The van der Waals surface area contributed by atoms with Crippen LogP contribution < -0.4 is 15.4 Å². The van der Waals surface area contributed by atoms with Crippen LogP contribution in [0.15, 0.2) is 35.3 Å². The number of carbonyl (C=O) groups excluding carboxylic acids is 2. The van der Waals surface area contributed by atoms with Crippen molar-refractivity contribution >= 4 is 23.3 Å². The van der Waals surface area contributed by atoms with E-state index in [1.54, 1.807) is 0 Å². The van der Waals surface area contributed by atoms with Gasteiger partial charge in [0.25, 0.3) is 5.91 Å². The Hall–Kier alpha value is -3.56. The molecular weight excluding hydrogens is 379 g/mol. The lowest BCUT2D eigenvalue weighted by atomic mass is 9.95. The Kier molecular flexibility index (Phi) is 5.21. The largest absolute Gasteiger partial charge is 0.505 e. The number of halogens is 3. The van der Waals surface area contributed by atoms with E-state index in [-0.39, 0.29) is 23.7 Å². The second-order valence-corrected chi connectivity index (χ2v) is 5.86. The first kappa shape index (κ1) is 19.2. The zero-order chi connectivity index (χ0) is 20.4. The lowest BCUT2D eigenvalue weighted by Crippen LogP contribution is -2.22. The van der Waals surface area contributed by atoms with Gasteiger partial charge in [-0.1, -0.05) is 0 Å². The number of phenols is 1. The van der Waals surface area contributed by atoms with Gasteiger partial charge in [-0.15, -0.1) is 0 Å². The summed E-state index contributed by atoms with van der Waals surface area (Å²) in [5.41, 5.74) is -0.790. The monoisotopic (exact) mass is 393 g/mol. The number of nitrogens with zero attached hydrogens (tertiary/aromatic N) is 1. The Balaban J connectivity index is 1.90. The number of methoxy groups -OCH3 is 1. The molecule has 0 aliphatic carbocycles. The summed E-state index contributed by atoms with van der Waals surface area (Å²) in [4.78, 5) is 27.7. The van der Waals surface area contributed by atoms with Crippen LogP contribution in [0.5, 0.6) is 11.5 Å². The Morgan fingerprint density at radius 1 is 1.21 bits per heavy atom. The van der Waals surface area contributed by atoms with Gasteiger partial charge in [-0.05, 0) is 12.1 Å². The van der Waals surface area contributed by atoms with Crippen LogP contribution in [0.4, 0.5) is 23.7 Å². The predicted molar refractivity (Wildman–Crippen MR) is 93.2 cm³/mol. The van der Waals surface area contributed by atoms with Gasteiger partial charge in [0.2, 0.25) is 0 Å². The van der Waals surface area contributed by atoms with Crippen molar-refractivity contribution in [1.29, 1.82) is 0 Å². The van der Waals surface area contributed by atoms with E-state index in [0.717, 1.165) is 24.3 Å². The van der Waals surface area contributed by atoms with Gasteiger partial charge in [-0.25, -0.2) is 18.0 Å². The highest BCUT2D eigenvalue weighted by molar-refractivity contribution is 6.44. The number of benzene rings is 2. The average molecular weight is 393 g/mol. The first-order valence-corrected chi connectivity index (χ1v) is 7.99. The van der Waals surface area contributed by atoms with Crippen molar-refractivity contribution in [2.45, 2.75) is 5.92 Å². The van der Waals surface area contributed by atoms with Crippen LogP contribution in [0.3, 0.4) is 0 Å². The molecule has 0 unspecified atom stereocenters. The highest BCUT2D eigenvalue weighted by atomic mass is 19.1. The quantitative estimate of drug-likeness (QED) is 0.747. The van der Waals surface area contributed by atoms with Gasteiger partial charge in [0.05, 0.1) is 13.0 Å². The molecule has 1 atom stereocenters. The Morgan fingerprint density at radius 2 is 1.89 bits per heavy atom. The van der Waals surface area contributed by atoms with Crippen molar-refractivity contribution in [3.63, 3.8) is 0 Å². The highest BCUT2D eigenvalue weighted by Gasteiger charge is 2.36. The van der Waals surface area contributed by atoms with E-state index < -0.39 is 46.6 Å². The minimum atomic E-state index is -1.13. The molecule has 3 amide bonds. The van der Waals surface area contributed by atoms with Gasteiger partial charge in [0.15, 0.2) is 11.6 Å². The minimum Gasteiger partial charge on any atom is -0.505 e. The number of phenolic OH excluding ortho intramolecular Hbond substituents is 1. The molecule has 3 rings (SSSR count). The highest BCUT2D eigenvalue weighted by Crippen LogP contribution is 2.30. The topological polar surface area (TPSA) is 100 Å². The van der Waals surface area contributed by atoms with Gasteiger partial charge < -0.3 is 20.5 Å². The van der Waals surface area contributed by atoms with Gasteiger partial charge in [0.1, 0.15) is 23.1 Å². The fraction of sp³-hybridized carbons (Fsp3) is 0.167. The number of amides is 3. The molecule has 0 bridgehead atoms. The van der Waals surface area contributed by atoms with E-state index in [1.165, 1.54) is 13.2 Å². The molecule has 0 aromatic heterocycles. The van der Waals surface area contributed by atoms with Crippen molar-refractivity contribution in [2.24, 2.45) is 4.99 Å². The molecule has 1 saturated heterocycles. The fourth-order valence-corrected chi connectivity index (χ4v) is 2.77. The van der Waals surface area contributed by atoms with Crippen LogP contribution >= 0.6 is 0 Å². The Labute approximate surface area is 156 Å².